The highest BCUT2D eigenvalue weighted by Gasteiger charge is 2.40. The standard InChI is InChI=1S/C21H21NO/c1-22-20(17-11-5-2-6-12-17)21(23,18-13-7-3-8-14-18)19-15-9-4-10-16-19/h2-16,20,22-23H,1H3. The molecule has 23 heavy (non-hydrogen) atoms. The maximum absolute atomic E-state index is 11.8. The first-order chi connectivity index (χ1) is 11.3. The highest BCUT2D eigenvalue weighted by Crippen LogP contribution is 2.40. The van der Waals surface area contributed by atoms with Crippen molar-refractivity contribution in [2.75, 3.05) is 7.05 Å². The molecule has 0 aliphatic heterocycles. The minimum Gasteiger partial charge on any atom is -0.378 e. The van der Waals surface area contributed by atoms with Gasteiger partial charge in [-0.05, 0) is 23.7 Å². The second kappa shape index (κ2) is 6.78. The Balaban J connectivity index is 2.19. The van der Waals surface area contributed by atoms with E-state index in [2.05, 4.69) is 5.32 Å². The lowest BCUT2D eigenvalue weighted by Crippen LogP contribution is -2.41. The first kappa shape index (κ1) is 15.5. The molecule has 116 valence electrons. The fourth-order valence-electron chi connectivity index (χ4n) is 3.15. The van der Waals surface area contributed by atoms with Crippen LogP contribution >= 0.6 is 0 Å². The second-order valence-corrected chi connectivity index (χ2v) is 5.63. The summed E-state index contributed by atoms with van der Waals surface area (Å²) in [6, 6.07) is 29.5. The molecule has 0 saturated heterocycles. The molecule has 0 amide bonds. The van der Waals surface area contributed by atoms with Gasteiger partial charge < -0.3 is 10.4 Å². The van der Waals surface area contributed by atoms with E-state index < -0.39 is 5.60 Å². The average Bonchev–Trinajstić information content (AvgIpc) is 2.64. The summed E-state index contributed by atoms with van der Waals surface area (Å²) in [5, 5.41) is 15.1. The summed E-state index contributed by atoms with van der Waals surface area (Å²) in [5.41, 5.74) is 1.63. The number of aliphatic hydroxyl groups is 1. The lowest BCUT2D eigenvalue weighted by atomic mass is 9.77. The smallest absolute Gasteiger partial charge is 0.134 e. The fraction of sp³-hybridized carbons (Fsp3) is 0.143. The first-order valence-corrected chi connectivity index (χ1v) is 7.82. The summed E-state index contributed by atoms with van der Waals surface area (Å²) in [6.45, 7) is 0. The van der Waals surface area contributed by atoms with E-state index in [-0.39, 0.29) is 6.04 Å². The zero-order valence-electron chi connectivity index (χ0n) is 13.2. The summed E-state index contributed by atoms with van der Waals surface area (Å²) < 4.78 is 0. The van der Waals surface area contributed by atoms with Crippen LogP contribution in [-0.4, -0.2) is 12.2 Å². The molecule has 0 fully saturated rings. The maximum atomic E-state index is 11.8. The summed E-state index contributed by atoms with van der Waals surface area (Å²) in [4.78, 5) is 0. The molecule has 3 rings (SSSR count). The highest BCUT2D eigenvalue weighted by atomic mass is 16.3. The Kier molecular flexibility index (Phi) is 4.56. The van der Waals surface area contributed by atoms with Gasteiger partial charge in [0.15, 0.2) is 0 Å². The molecule has 0 aromatic heterocycles. The Bertz CT molecular complexity index is 686. The molecule has 2 nitrogen and oxygen atoms in total. The Morgan fingerprint density at radius 2 is 1.09 bits per heavy atom. The number of hydrogen-bond acceptors (Lipinski definition) is 2. The van der Waals surface area contributed by atoms with Gasteiger partial charge in [0.2, 0.25) is 0 Å². The van der Waals surface area contributed by atoms with Crippen LogP contribution in [0.4, 0.5) is 0 Å². The third kappa shape index (κ3) is 2.91. The third-order valence-corrected chi connectivity index (χ3v) is 4.27. The Hall–Kier alpha value is -2.42. The molecule has 0 saturated carbocycles. The molecule has 0 heterocycles. The zero-order chi connectivity index (χ0) is 16.1. The van der Waals surface area contributed by atoms with E-state index in [1.165, 1.54) is 0 Å². The van der Waals surface area contributed by atoms with Gasteiger partial charge in [0.1, 0.15) is 5.60 Å². The Labute approximate surface area is 137 Å². The molecule has 3 aromatic rings. The topological polar surface area (TPSA) is 32.3 Å². The SMILES string of the molecule is CNC(c1ccccc1)C(O)(c1ccccc1)c1ccccc1. The molecule has 0 bridgehead atoms. The van der Waals surface area contributed by atoms with Crippen molar-refractivity contribution in [2.45, 2.75) is 11.6 Å². The summed E-state index contributed by atoms with van der Waals surface area (Å²) in [7, 11) is 1.88. The van der Waals surface area contributed by atoms with Crippen molar-refractivity contribution in [3.05, 3.63) is 108 Å². The van der Waals surface area contributed by atoms with Gasteiger partial charge in [-0.25, -0.2) is 0 Å². The van der Waals surface area contributed by atoms with Gasteiger partial charge in [-0.2, -0.15) is 0 Å². The summed E-state index contributed by atoms with van der Waals surface area (Å²) in [6.07, 6.45) is 0. The second-order valence-electron chi connectivity index (χ2n) is 5.63. The van der Waals surface area contributed by atoms with Crippen LogP contribution in [0.1, 0.15) is 22.7 Å². The largest absolute Gasteiger partial charge is 0.378 e. The number of benzene rings is 3. The van der Waals surface area contributed by atoms with Gasteiger partial charge in [-0.15, -0.1) is 0 Å². The van der Waals surface area contributed by atoms with Gasteiger partial charge >= 0.3 is 0 Å². The highest BCUT2D eigenvalue weighted by molar-refractivity contribution is 5.41. The van der Waals surface area contributed by atoms with Gasteiger partial charge in [-0.3, -0.25) is 0 Å². The number of nitrogens with one attached hydrogen (secondary N) is 1. The molecule has 1 atom stereocenters. The van der Waals surface area contributed by atoms with E-state index in [9.17, 15) is 5.11 Å². The average molecular weight is 303 g/mol. The van der Waals surface area contributed by atoms with Crippen LogP contribution in [0.5, 0.6) is 0 Å². The molecule has 2 N–H and O–H groups in total. The van der Waals surface area contributed by atoms with Crippen LogP contribution in [0, 0.1) is 0 Å². The molecule has 1 unspecified atom stereocenters. The van der Waals surface area contributed by atoms with Crippen molar-refractivity contribution in [2.24, 2.45) is 0 Å². The number of rotatable bonds is 5. The van der Waals surface area contributed by atoms with Gasteiger partial charge in [0.05, 0.1) is 6.04 Å². The third-order valence-electron chi connectivity index (χ3n) is 4.27. The number of likely N-dealkylation sites (N-methyl/N-ethyl adjacent to an activating group) is 1. The van der Waals surface area contributed by atoms with Crippen LogP contribution in [0.25, 0.3) is 0 Å². The van der Waals surface area contributed by atoms with Crippen molar-refractivity contribution >= 4 is 0 Å². The molecule has 0 radical (unpaired) electrons. The monoisotopic (exact) mass is 303 g/mol. The maximum Gasteiger partial charge on any atom is 0.134 e. The summed E-state index contributed by atoms with van der Waals surface area (Å²) in [5.74, 6) is 0. The molecule has 0 aliphatic carbocycles. The van der Waals surface area contributed by atoms with Gasteiger partial charge in [-0.1, -0.05) is 91.0 Å². The predicted molar refractivity (Wildman–Crippen MR) is 94.1 cm³/mol. The number of hydrogen-bond donors (Lipinski definition) is 2. The van der Waals surface area contributed by atoms with Crippen LogP contribution in [-0.2, 0) is 5.60 Å². The lowest BCUT2D eigenvalue weighted by Gasteiger charge is -2.37. The van der Waals surface area contributed by atoms with E-state index in [1.807, 2.05) is 98.0 Å². The molecule has 2 heteroatoms. The van der Waals surface area contributed by atoms with Crippen LogP contribution in [0.2, 0.25) is 0 Å². The van der Waals surface area contributed by atoms with Crippen molar-refractivity contribution in [1.82, 2.24) is 5.32 Å². The van der Waals surface area contributed by atoms with Crippen LogP contribution < -0.4 is 5.32 Å². The van der Waals surface area contributed by atoms with E-state index in [0.29, 0.717) is 0 Å². The zero-order valence-corrected chi connectivity index (χ0v) is 13.2. The van der Waals surface area contributed by atoms with E-state index >= 15 is 0 Å². The van der Waals surface area contributed by atoms with Crippen LogP contribution in [0.15, 0.2) is 91.0 Å². The van der Waals surface area contributed by atoms with E-state index in [4.69, 9.17) is 0 Å². The fourth-order valence-corrected chi connectivity index (χ4v) is 3.15. The van der Waals surface area contributed by atoms with Crippen molar-refractivity contribution in [3.63, 3.8) is 0 Å². The van der Waals surface area contributed by atoms with Gasteiger partial charge in [0.25, 0.3) is 0 Å². The molecular weight excluding hydrogens is 282 g/mol. The van der Waals surface area contributed by atoms with Gasteiger partial charge in [0, 0.05) is 0 Å². The molecule has 0 aliphatic rings. The molecular formula is C21H21NO. The van der Waals surface area contributed by atoms with Crippen molar-refractivity contribution in [1.29, 1.82) is 0 Å². The van der Waals surface area contributed by atoms with E-state index in [1.54, 1.807) is 0 Å². The molecule has 0 spiro atoms. The quantitative estimate of drug-likeness (QED) is 0.749. The summed E-state index contributed by atoms with van der Waals surface area (Å²) >= 11 is 0. The predicted octanol–water partition coefficient (Wildman–Crippen LogP) is 3.88. The van der Waals surface area contributed by atoms with Crippen molar-refractivity contribution < 1.29 is 5.11 Å². The first-order valence-electron chi connectivity index (χ1n) is 7.82. The Morgan fingerprint density at radius 3 is 1.48 bits per heavy atom. The van der Waals surface area contributed by atoms with Crippen molar-refractivity contribution in [3.8, 4) is 0 Å². The minimum atomic E-state index is -1.15. The van der Waals surface area contributed by atoms with E-state index in [0.717, 1.165) is 16.7 Å². The Morgan fingerprint density at radius 1 is 0.696 bits per heavy atom. The normalized spacial score (nSPS) is 12.8. The minimum absolute atomic E-state index is 0.256. The van der Waals surface area contributed by atoms with Crippen LogP contribution in [0.3, 0.4) is 0 Å². The lowest BCUT2D eigenvalue weighted by molar-refractivity contribution is 0.0392. The molecule has 3 aromatic carbocycles.